The van der Waals surface area contributed by atoms with Gasteiger partial charge in [-0.25, -0.2) is 0 Å². The second kappa shape index (κ2) is 7.20. The SMILES string of the molecule is CC(C)(C(=O)Nc1cnn(Cc2ccc(Cl)cc2)c1)n1cc([N+](=O)[O-])cn1. The summed E-state index contributed by atoms with van der Waals surface area (Å²) in [6.45, 7) is 3.77. The first-order valence-electron chi connectivity index (χ1n) is 8.03. The summed E-state index contributed by atoms with van der Waals surface area (Å²) < 4.78 is 2.95. The van der Waals surface area contributed by atoms with Crippen LogP contribution in [0.3, 0.4) is 0 Å². The normalized spacial score (nSPS) is 11.4. The fourth-order valence-electron chi connectivity index (χ4n) is 2.39. The molecule has 1 amide bonds. The second-order valence-corrected chi connectivity index (χ2v) is 6.90. The van der Waals surface area contributed by atoms with Gasteiger partial charge in [0, 0.05) is 11.2 Å². The summed E-state index contributed by atoms with van der Waals surface area (Å²) >= 11 is 5.87. The van der Waals surface area contributed by atoms with Crippen molar-refractivity contribution in [1.82, 2.24) is 19.6 Å². The van der Waals surface area contributed by atoms with Crippen LogP contribution in [0.1, 0.15) is 19.4 Å². The average Bonchev–Trinajstić information content (AvgIpc) is 3.27. The molecule has 140 valence electrons. The van der Waals surface area contributed by atoms with Crippen molar-refractivity contribution in [2.45, 2.75) is 25.9 Å². The van der Waals surface area contributed by atoms with E-state index < -0.39 is 10.5 Å². The van der Waals surface area contributed by atoms with Gasteiger partial charge in [0.25, 0.3) is 5.91 Å². The molecule has 0 saturated heterocycles. The summed E-state index contributed by atoms with van der Waals surface area (Å²) in [6, 6.07) is 7.40. The lowest BCUT2D eigenvalue weighted by molar-refractivity contribution is -0.385. The Balaban J connectivity index is 1.69. The van der Waals surface area contributed by atoms with E-state index in [1.807, 2.05) is 12.1 Å². The summed E-state index contributed by atoms with van der Waals surface area (Å²) in [5.74, 6) is -0.369. The molecule has 0 spiro atoms. The Labute approximate surface area is 159 Å². The highest BCUT2D eigenvalue weighted by Crippen LogP contribution is 2.21. The van der Waals surface area contributed by atoms with Crippen LogP contribution >= 0.6 is 11.6 Å². The van der Waals surface area contributed by atoms with Crippen molar-refractivity contribution in [3.8, 4) is 0 Å². The number of amides is 1. The van der Waals surface area contributed by atoms with Gasteiger partial charge in [0.1, 0.15) is 17.9 Å². The van der Waals surface area contributed by atoms with Crippen molar-refractivity contribution in [3.05, 3.63) is 69.8 Å². The number of carbonyl (C=O) groups is 1. The molecule has 0 aliphatic rings. The molecule has 2 aromatic heterocycles. The Bertz CT molecular complexity index is 977. The lowest BCUT2D eigenvalue weighted by Gasteiger charge is -2.23. The lowest BCUT2D eigenvalue weighted by atomic mass is 10.1. The number of aromatic nitrogens is 4. The highest BCUT2D eigenvalue weighted by Gasteiger charge is 2.32. The van der Waals surface area contributed by atoms with Crippen molar-refractivity contribution < 1.29 is 9.72 Å². The standard InChI is InChI=1S/C17H17ClN6O3/c1-17(2,23-11-15(8-20-23)24(26)27)16(25)21-14-7-19-22(10-14)9-12-3-5-13(18)6-4-12/h3-8,10-11H,9H2,1-2H3,(H,21,25). The Morgan fingerprint density at radius 3 is 2.56 bits per heavy atom. The molecule has 3 aromatic rings. The van der Waals surface area contributed by atoms with Crippen LogP contribution in [0.2, 0.25) is 5.02 Å². The molecule has 0 saturated carbocycles. The Kier molecular flexibility index (Phi) is 4.95. The molecular weight excluding hydrogens is 372 g/mol. The number of carbonyl (C=O) groups excluding carboxylic acids is 1. The highest BCUT2D eigenvalue weighted by molar-refractivity contribution is 6.30. The van der Waals surface area contributed by atoms with Crippen LogP contribution in [-0.2, 0) is 16.9 Å². The number of hydrogen-bond donors (Lipinski definition) is 1. The molecule has 27 heavy (non-hydrogen) atoms. The molecule has 1 aromatic carbocycles. The first-order valence-corrected chi connectivity index (χ1v) is 8.41. The third-order valence-electron chi connectivity index (χ3n) is 4.06. The van der Waals surface area contributed by atoms with Crippen molar-refractivity contribution in [3.63, 3.8) is 0 Å². The third-order valence-corrected chi connectivity index (χ3v) is 4.31. The van der Waals surface area contributed by atoms with E-state index in [1.165, 1.54) is 17.1 Å². The summed E-state index contributed by atoms with van der Waals surface area (Å²) in [5.41, 5.74) is 0.243. The molecule has 3 rings (SSSR count). The number of anilines is 1. The maximum absolute atomic E-state index is 12.6. The summed E-state index contributed by atoms with van der Waals surface area (Å²) in [5, 5.41) is 22.4. The molecule has 0 atom stereocenters. The molecule has 0 fully saturated rings. The van der Waals surface area contributed by atoms with Crippen LogP contribution < -0.4 is 5.32 Å². The molecule has 0 radical (unpaired) electrons. The van der Waals surface area contributed by atoms with E-state index in [1.54, 1.807) is 36.9 Å². The summed E-state index contributed by atoms with van der Waals surface area (Å²) in [6.07, 6.45) is 5.58. The topological polar surface area (TPSA) is 108 Å². The van der Waals surface area contributed by atoms with Gasteiger partial charge in [0.2, 0.25) is 0 Å². The quantitative estimate of drug-likeness (QED) is 0.515. The van der Waals surface area contributed by atoms with Crippen molar-refractivity contribution in [2.24, 2.45) is 0 Å². The van der Waals surface area contributed by atoms with Crippen LogP contribution in [0, 0.1) is 10.1 Å². The number of nitrogens with zero attached hydrogens (tertiary/aromatic N) is 5. The highest BCUT2D eigenvalue weighted by atomic mass is 35.5. The van der Waals surface area contributed by atoms with Gasteiger partial charge in [-0.15, -0.1) is 0 Å². The maximum Gasteiger partial charge on any atom is 0.307 e. The molecule has 0 bridgehead atoms. The Morgan fingerprint density at radius 2 is 1.93 bits per heavy atom. The van der Waals surface area contributed by atoms with Gasteiger partial charge in [-0.05, 0) is 31.5 Å². The zero-order valence-corrected chi connectivity index (χ0v) is 15.4. The number of rotatable bonds is 6. The van der Waals surface area contributed by atoms with Crippen molar-refractivity contribution in [1.29, 1.82) is 0 Å². The lowest BCUT2D eigenvalue weighted by Crippen LogP contribution is -2.40. The molecule has 0 aliphatic heterocycles. The summed E-state index contributed by atoms with van der Waals surface area (Å²) in [4.78, 5) is 22.9. The van der Waals surface area contributed by atoms with Crippen LogP contribution in [-0.4, -0.2) is 30.4 Å². The van der Waals surface area contributed by atoms with Crippen molar-refractivity contribution >= 4 is 28.9 Å². The molecule has 2 heterocycles. The first kappa shape index (κ1) is 18.6. The van der Waals surface area contributed by atoms with Gasteiger partial charge in [0.15, 0.2) is 0 Å². The summed E-state index contributed by atoms with van der Waals surface area (Å²) in [7, 11) is 0. The molecule has 1 N–H and O–H groups in total. The monoisotopic (exact) mass is 388 g/mol. The molecule has 9 nitrogen and oxygen atoms in total. The van der Waals surface area contributed by atoms with Gasteiger partial charge in [-0.1, -0.05) is 23.7 Å². The maximum atomic E-state index is 12.6. The zero-order valence-electron chi connectivity index (χ0n) is 14.7. The number of hydrogen-bond acceptors (Lipinski definition) is 5. The third kappa shape index (κ3) is 4.14. The van der Waals surface area contributed by atoms with E-state index in [4.69, 9.17) is 11.6 Å². The van der Waals surface area contributed by atoms with Crippen LogP contribution in [0.5, 0.6) is 0 Å². The van der Waals surface area contributed by atoms with Gasteiger partial charge in [-0.3, -0.25) is 24.3 Å². The molecular formula is C17H17ClN6O3. The predicted octanol–water partition coefficient (Wildman–Crippen LogP) is 3.06. The number of nitro groups is 1. The van der Waals surface area contributed by atoms with Gasteiger partial charge >= 0.3 is 5.69 Å². The predicted molar refractivity (Wildman–Crippen MR) is 99.6 cm³/mol. The Hall–Kier alpha value is -3.20. The van der Waals surface area contributed by atoms with E-state index in [2.05, 4.69) is 15.5 Å². The zero-order chi connectivity index (χ0) is 19.6. The van der Waals surface area contributed by atoms with E-state index in [0.29, 0.717) is 17.3 Å². The number of halogens is 1. The second-order valence-electron chi connectivity index (χ2n) is 6.47. The van der Waals surface area contributed by atoms with Crippen molar-refractivity contribution in [2.75, 3.05) is 5.32 Å². The van der Waals surface area contributed by atoms with E-state index in [0.717, 1.165) is 11.8 Å². The minimum absolute atomic E-state index is 0.174. The molecule has 10 heteroatoms. The largest absolute Gasteiger partial charge is 0.321 e. The number of benzene rings is 1. The van der Waals surface area contributed by atoms with E-state index in [9.17, 15) is 14.9 Å². The molecule has 0 unspecified atom stereocenters. The first-order chi connectivity index (χ1) is 12.8. The van der Waals surface area contributed by atoms with E-state index in [-0.39, 0.29) is 11.6 Å². The van der Waals surface area contributed by atoms with Crippen LogP contribution in [0.15, 0.2) is 49.1 Å². The fourth-order valence-corrected chi connectivity index (χ4v) is 2.52. The van der Waals surface area contributed by atoms with E-state index >= 15 is 0 Å². The molecule has 0 aliphatic carbocycles. The van der Waals surface area contributed by atoms with Gasteiger partial charge in [0.05, 0.1) is 23.4 Å². The van der Waals surface area contributed by atoms with Crippen LogP contribution in [0.4, 0.5) is 11.4 Å². The van der Waals surface area contributed by atoms with Crippen LogP contribution in [0.25, 0.3) is 0 Å². The van der Waals surface area contributed by atoms with Gasteiger partial charge < -0.3 is 5.32 Å². The Morgan fingerprint density at radius 1 is 1.22 bits per heavy atom. The minimum Gasteiger partial charge on any atom is -0.321 e. The minimum atomic E-state index is -1.12. The smallest absolute Gasteiger partial charge is 0.307 e. The average molecular weight is 389 g/mol. The fraction of sp³-hybridized carbons (Fsp3) is 0.235. The van der Waals surface area contributed by atoms with Gasteiger partial charge in [-0.2, -0.15) is 10.2 Å². The number of nitrogens with one attached hydrogen (secondary N) is 1.